The van der Waals surface area contributed by atoms with Gasteiger partial charge in [-0.1, -0.05) is 12.1 Å². The summed E-state index contributed by atoms with van der Waals surface area (Å²) in [6.45, 7) is 0. The Balaban J connectivity index is 1.54. The highest BCUT2D eigenvalue weighted by atomic mass is 16.2. The van der Waals surface area contributed by atoms with Crippen molar-refractivity contribution in [1.29, 1.82) is 5.26 Å². The summed E-state index contributed by atoms with van der Waals surface area (Å²) < 4.78 is 0. The first-order valence-corrected chi connectivity index (χ1v) is 8.68. The Morgan fingerprint density at radius 3 is 2.50 bits per heavy atom. The van der Waals surface area contributed by atoms with Crippen molar-refractivity contribution in [2.45, 2.75) is 25.3 Å². The molecule has 1 unspecified atom stereocenters. The Bertz CT molecular complexity index is 1100. The molecule has 126 valence electrons. The van der Waals surface area contributed by atoms with Crippen LogP contribution < -0.4 is 0 Å². The van der Waals surface area contributed by atoms with E-state index in [9.17, 15) is 14.9 Å². The van der Waals surface area contributed by atoms with Crippen molar-refractivity contribution in [3.8, 4) is 6.07 Å². The fourth-order valence-corrected chi connectivity index (χ4v) is 4.23. The zero-order chi connectivity index (χ0) is 17.8. The van der Waals surface area contributed by atoms with Gasteiger partial charge in [0.25, 0.3) is 11.8 Å². The number of aryl methyl sites for hydroxylation is 1. The van der Waals surface area contributed by atoms with Crippen LogP contribution in [0, 0.1) is 11.3 Å². The van der Waals surface area contributed by atoms with Crippen molar-refractivity contribution < 1.29 is 9.59 Å². The highest BCUT2D eigenvalue weighted by Gasteiger charge is 2.41. The van der Waals surface area contributed by atoms with E-state index in [1.807, 2.05) is 12.1 Å². The molecule has 1 N–H and O–H groups in total. The smallest absolute Gasteiger partial charge is 0.261 e. The van der Waals surface area contributed by atoms with Crippen molar-refractivity contribution in [3.63, 3.8) is 0 Å². The molecular formula is C21H15N3O2. The number of nitrogens with one attached hydrogen (secondary N) is 1. The minimum atomic E-state index is -0.198. The fraction of sp³-hybridized carbons (Fsp3) is 0.190. The number of hydrogen-bond donors (Lipinski definition) is 1. The maximum atomic E-state index is 12.8. The Labute approximate surface area is 149 Å². The lowest BCUT2D eigenvalue weighted by molar-refractivity contribution is 0.0571. The number of fused-ring (bicyclic) bond motifs is 4. The summed E-state index contributed by atoms with van der Waals surface area (Å²) in [6.07, 6.45) is 2.15. The second-order valence-electron chi connectivity index (χ2n) is 6.88. The molecule has 2 heterocycles. The molecule has 0 bridgehead atoms. The average Bonchev–Trinajstić information content (AvgIpc) is 3.16. The number of aromatic nitrogens is 1. The molecule has 2 aromatic carbocycles. The van der Waals surface area contributed by atoms with E-state index in [0.717, 1.165) is 35.0 Å². The quantitative estimate of drug-likeness (QED) is 0.691. The molecule has 2 amide bonds. The van der Waals surface area contributed by atoms with Gasteiger partial charge in [0.1, 0.15) is 0 Å². The summed E-state index contributed by atoms with van der Waals surface area (Å²) in [5.41, 5.74) is 4.86. The topological polar surface area (TPSA) is 77.0 Å². The normalized spacial score (nSPS) is 18.7. The Kier molecular flexibility index (Phi) is 3.04. The standard InChI is InChI=1S/C21H15N3O2/c22-11-12-5-7-18-16(9-12)17-10-13(6-8-19(17)23-18)24-20(25)14-3-1-2-4-15(14)21(24)26/h1-5,7,9,13,23H,6,8,10H2. The number of H-pyrrole nitrogens is 1. The lowest BCUT2D eigenvalue weighted by Crippen LogP contribution is -2.43. The van der Waals surface area contributed by atoms with Crippen LogP contribution in [0.25, 0.3) is 10.9 Å². The van der Waals surface area contributed by atoms with Gasteiger partial charge < -0.3 is 4.98 Å². The maximum absolute atomic E-state index is 12.8. The fourth-order valence-electron chi connectivity index (χ4n) is 4.23. The lowest BCUT2D eigenvalue weighted by Gasteiger charge is -2.29. The number of amides is 2. The third-order valence-electron chi connectivity index (χ3n) is 5.48. The Morgan fingerprint density at radius 1 is 1.08 bits per heavy atom. The molecule has 26 heavy (non-hydrogen) atoms. The van der Waals surface area contributed by atoms with Gasteiger partial charge in [-0.3, -0.25) is 14.5 Å². The first-order valence-electron chi connectivity index (χ1n) is 8.68. The molecule has 0 saturated heterocycles. The van der Waals surface area contributed by atoms with Crippen molar-refractivity contribution in [3.05, 3.63) is 70.4 Å². The number of nitrogens with zero attached hydrogens (tertiary/aromatic N) is 2. The summed E-state index contributed by atoms with van der Waals surface area (Å²) in [7, 11) is 0. The summed E-state index contributed by atoms with van der Waals surface area (Å²) in [6, 6.07) is 14.6. The lowest BCUT2D eigenvalue weighted by atomic mass is 9.90. The van der Waals surface area contributed by atoms with Gasteiger partial charge in [0.2, 0.25) is 0 Å². The van der Waals surface area contributed by atoms with Crippen LogP contribution in [0.3, 0.4) is 0 Å². The molecule has 5 rings (SSSR count). The molecule has 0 fully saturated rings. The first kappa shape index (κ1) is 14.9. The third-order valence-corrected chi connectivity index (χ3v) is 5.48. The molecule has 2 aliphatic rings. The average molecular weight is 341 g/mol. The van der Waals surface area contributed by atoms with Crippen molar-refractivity contribution in [2.24, 2.45) is 0 Å². The van der Waals surface area contributed by atoms with Crippen LogP contribution in [0.2, 0.25) is 0 Å². The second-order valence-corrected chi connectivity index (χ2v) is 6.88. The predicted octanol–water partition coefficient (Wildman–Crippen LogP) is 3.19. The van der Waals surface area contributed by atoms with Crippen LogP contribution in [0.5, 0.6) is 0 Å². The minimum absolute atomic E-state index is 0.153. The highest BCUT2D eigenvalue weighted by Crippen LogP contribution is 2.34. The Hall–Kier alpha value is -3.39. The number of aromatic amines is 1. The van der Waals surface area contributed by atoms with E-state index in [-0.39, 0.29) is 17.9 Å². The number of nitriles is 1. The molecule has 0 saturated carbocycles. The van der Waals surface area contributed by atoms with Gasteiger partial charge in [0.05, 0.1) is 22.8 Å². The molecule has 3 aromatic rings. The molecule has 0 radical (unpaired) electrons. The summed E-state index contributed by atoms with van der Waals surface area (Å²) in [5, 5.41) is 10.2. The van der Waals surface area contributed by atoms with Gasteiger partial charge >= 0.3 is 0 Å². The number of rotatable bonds is 1. The van der Waals surface area contributed by atoms with Crippen molar-refractivity contribution in [2.75, 3.05) is 0 Å². The van der Waals surface area contributed by atoms with Crippen LogP contribution >= 0.6 is 0 Å². The molecule has 5 heteroatoms. The SMILES string of the molecule is N#Cc1ccc2[nH]c3c(c2c1)CC(N1C(=O)c2ccccc2C1=O)CC3. The van der Waals surface area contributed by atoms with Crippen molar-refractivity contribution in [1.82, 2.24) is 9.88 Å². The van der Waals surface area contributed by atoms with E-state index in [2.05, 4.69) is 11.1 Å². The molecule has 5 nitrogen and oxygen atoms in total. The van der Waals surface area contributed by atoms with Crippen LogP contribution in [0.4, 0.5) is 0 Å². The van der Waals surface area contributed by atoms with Gasteiger partial charge in [-0.05, 0) is 55.2 Å². The van der Waals surface area contributed by atoms with Crippen LogP contribution in [0.1, 0.15) is 44.0 Å². The van der Waals surface area contributed by atoms with Gasteiger partial charge in [0.15, 0.2) is 0 Å². The van der Waals surface area contributed by atoms with E-state index >= 15 is 0 Å². The molecule has 1 atom stereocenters. The number of benzene rings is 2. The Morgan fingerprint density at radius 2 is 1.81 bits per heavy atom. The first-order chi connectivity index (χ1) is 12.7. The number of imide groups is 1. The minimum Gasteiger partial charge on any atom is -0.358 e. The van der Waals surface area contributed by atoms with E-state index in [4.69, 9.17) is 0 Å². The van der Waals surface area contributed by atoms with E-state index < -0.39 is 0 Å². The molecule has 0 spiro atoms. The van der Waals surface area contributed by atoms with E-state index in [0.29, 0.717) is 23.1 Å². The predicted molar refractivity (Wildman–Crippen MR) is 95.8 cm³/mol. The van der Waals surface area contributed by atoms with Crippen molar-refractivity contribution >= 4 is 22.7 Å². The zero-order valence-electron chi connectivity index (χ0n) is 14.0. The van der Waals surface area contributed by atoms with Gasteiger partial charge in [-0.2, -0.15) is 5.26 Å². The molecule has 1 aromatic heterocycles. The number of hydrogen-bond acceptors (Lipinski definition) is 3. The zero-order valence-corrected chi connectivity index (χ0v) is 14.0. The highest BCUT2D eigenvalue weighted by molar-refractivity contribution is 6.21. The molecular weight excluding hydrogens is 326 g/mol. The van der Waals surface area contributed by atoms with Crippen LogP contribution in [-0.2, 0) is 12.8 Å². The van der Waals surface area contributed by atoms with E-state index in [1.54, 1.807) is 30.3 Å². The number of carbonyl (C=O) groups is 2. The largest absolute Gasteiger partial charge is 0.358 e. The monoisotopic (exact) mass is 341 g/mol. The molecule has 1 aliphatic heterocycles. The summed E-state index contributed by atoms with van der Waals surface area (Å²) in [5.74, 6) is -0.395. The van der Waals surface area contributed by atoms with Gasteiger partial charge in [0, 0.05) is 22.6 Å². The van der Waals surface area contributed by atoms with Gasteiger partial charge in [-0.25, -0.2) is 0 Å². The third kappa shape index (κ3) is 1.96. The summed E-state index contributed by atoms with van der Waals surface area (Å²) >= 11 is 0. The van der Waals surface area contributed by atoms with Gasteiger partial charge in [-0.15, -0.1) is 0 Å². The number of carbonyl (C=O) groups excluding carboxylic acids is 2. The van der Waals surface area contributed by atoms with Crippen LogP contribution in [0.15, 0.2) is 42.5 Å². The molecule has 1 aliphatic carbocycles. The van der Waals surface area contributed by atoms with E-state index in [1.165, 1.54) is 4.90 Å². The maximum Gasteiger partial charge on any atom is 0.261 e. The second kappa shape index (κ2) is 5.30. The van der Waals surface area contributed by atoms with Crippen LogP contribution in [-0.4, -0.2) is 27.7 Å². The summed E-state index contributed by atoms with van der Waals surface area (Å²) in [4.78, 5) is 30.4.